The monoisotopic (exact) mass is 327 g/mol. The fraction of sp³-hybridized carbons (Fsp3) is 0.211. The van der Waals surface area contributed by atoms with E-state index in [1.165, 1.54) is 12.1 Å². The van der Waals surface area contributed by atoms with Crippen LogP contribution < -0.4 is 4.74 Å². The van der Waals surface area contributed by atoms with Gasteiger partial charge in [0.05, 0.1) is 13.7 Å². The second-order valence-electron chi connectivity index (χ2n) is 5.39. The molecule has 3 aromatic rings. The van der Waals surface area contributed by atoms with E-state index in [2.05, 4.69) is 0 Å². The summed E-state index contributed by atoms with van der Waals surface area (Å²) in [4.78, 5) is 12.5. The van der Waals surface area contributed by atoms with Crippen molar-refractivity contribution in [2.24, 2.45) is 7.05 Å². The van der Waals surface area contributed by atoms with Crippen LogP contribution in [0.2, 0.25) is 0 Å². The van der Waals surface area contributed by atoms with Crippen molar-refractivity contribution >= 4 is 16.9 Å². The smallest absolute Gasteiger partial charge is 0.355 e. The Bertz CT molecular complexity index is 897. The van der Waals surface area contributed by atoms with Gasteiger partial charge in [-0.3, -0.25) is 0 Å². The molecule has 0 saturated carbocycles. The van der Waals surface area contributed by atoms with Gasteiger partial charge in [-0.1, -0.05) is 12.1 Å². The summed E-state index contributed by atoms with van der Waals surface area (Å²) in [7, 11) is 3.40. The highest BCUT2D eigenvalue weighted by Gasteiger charge is 2.23. The second kappa shape index (κ2) is 6.35. The van der Waals surface area contributed by atoms with Gasteiger partial charge >= 0.3 is 5.97 Å². The topological polar surface area (TPSA) is 40.5 Å². The summed E-state index contributed by atoms with van der Waals surface area (Å²) in [6.07, 6.45) is 0. The summed E-state index contributed by atoms with van der Waals surface area (Å²) in [6.45, 7) is 2.05. The van der Waals surface area contributed by atoms with Gasteiger partial charge in [0.15, 0.2) is 0 Å². The van der Waals surface area contributed by atoms with E-state index < -0.39 is 5.97 Å². The molecule has 0 bridgehead atoms. The average Bonchev–Trinajstić information content (AvgIpc) is 2.88. The van der Waals surface area contributed by atoms with E-state index in [0.29, 0.717) is 17.0 Å². The summed E-state index contributed by atoms with van der Waals surface area (Å²) in [5.74, 6) is -0.0457. The van der Waals surface area contributed by atoms with Gasteiger partial charge in [0.1, 0.15) is 17.3 Å². The number of nitrogens with zero attached hydrogens (tertiary/aromatic N) is 1. The average molecular weight is 327 g/mol. The first-order valence-corrected chi connectivity index (χ1v) is 7.66. The summed E-state index contributed by atoms with van der Waals surface area (Å²) >= 11 is 0. The molecule has 0 atom stereocenters. The standard InChI is InChI=1S/C19H18FNO3/c1-4-24-19(22)18-17(12-5-7-13(20)8-6-12)15-11-14(23-3)9-10-16(15)21(18)2/h5-11H,4H2,1-3H3. The van der Waals surface area contributed by atoms with Gasteiger partial charge in [0.2, 0.25) is 0 Å². The maximum atomic E-state index is 13.3. The van der Waals surface area contributed by atoms with Crippen molar-refractivity contribution in [2.45, 2.75) is 6.92 Å². The molecule has 2 aromatic carbocycles. The third-order valence-corrected chi connectivity index (χ3v) is 4.01. The third kappa shape index (κ3) is 2.62. The Morgan fingerprint density at radius 1 is 1.17 bits per heavy atom. The van der Waals surface area contributed by atoms with Crippen molar-refractivity contribution in [3.8, 4) is 16.9 Å². The number of methoxy groups -OCH3 is 1. The highest BCUT2D eigenvalue weighted by Crippen LogP contribution is 2.36. The van der Waals surface area contributed by atoms with Crippen LogP contribution >= 0.6 is 0 Å². The molecule has 24 heavy (non-hydrogen) atoms. The van der Waals surface area contributed by atoms with Gasteiger partial charge in [0.25, 0.3) is 0 Å². The summed E-state index contributed by atoms with van der Waals surface area (Å²) in [5, 5.41) is 0.853. The lowest BCUT2D eigenvalue weighted by molar-refractivity contribution is 0.0517. The van der Waals surface area contributed by atoms with Crippen LogP contribution in [0.4, 0.5) is 4.39 Å². The normalized spacial score (nSPS) is 10.8. The van der Waals surface area contributed by atoms with Crippen molar-refractivity contribution in [2.75, 3.05) is 13.7 Å². The predicted octanol–water partition coefficient (Wildman–Crippen LogP) is 4.17. The van der Waals surface area contributed by atoms with Gasteiger partial charge in [-0.2, -0.15) is 0 Å². The van der Waals surface area contributed by atoms with Crippen molar-refractivity contribution < 1.29 is 18.7 Å². The number of ether oxygens (including phenoxy) is 2. The number of halogens is 1. The molecule has 0 unspecified atom stereocenters. The number of carbonyl (C=O) groups excluding carboxylic acids is 1. The third-order valence-electron chi connectivity index (χ3n) is 4.01. The first kappa shape index (κ1) is 16.1. The van der Waals surface area contributed by atoms with Crippen LogP contribution in [-0.2, 0) is 11.8 Å². The highest BCUT2D eigenvalue weighted by atomic mass is 19.1. The summed E-state index contributed by atoms with van der Waals surface area (Å²) in [5.41, 5.74) is 2.77. The molecule has 0 N–H and O–H groups in total. The lowest BCUT2D eigenvalue weighted by Gasteiger charge is -2.07. The first-order valence-electron chi connectivity index (χ1n) is 7.66. The van der Waals surface area contributed by atoms with Crippen LogP contribution in [0.15, 0.2) is 42.5 Å². The van der Waals surface area contributed by atoms with E-state index in [9.17, 15) is 9.18 Å². The first-order chi connectivity index (χ1) is 11.6. The maximum Gasteiger partial charge on any atom is 0.355 e. The van der Waals surface area contributed by atoms with E-state index in [4.69, 9.17) is 9.47 Å². The Balaban J connectivity index is 2.35. The van der Waals surface area contributed by atoms with E-state index in [-0.39, 0.29) is 12.4 Å². The van der Waals surface area contributed by atoms with Crippen molar-refractivity contribution in [1.29, 1.82) is 0 Å². The Hall–Kier alpha value is -2.82. The molecule has 1 aromatic heterocycles. The van der Waals surface area contributed by atoms with E-state index in [1.54, 1.807) is 30.7 Å². The van der Waals surface area contributed by atoms with Gasteiger partial charge < -0.3 is 14.0 Å². The van der Waals surface area contributed by atoms with E-state index >= 15 is 0 Å². The number of hydrogen-bond donors (Lipinski definition) is 0. The van der Waals surface area contributed by atoms with Crippen molar-refractivity contribution in [3.05, 3.63) is 54.0 Å². The molecular formula is C19H18FNO3. The zero-order chi connectivity index (χ0) is 17.3. The maximum absolute atomic E-state index is 13.3. The molecule has 5 heteroatoms. The van der Waals surface area contributed by atoms with Crippen molar-refractivity contribution in [1.82, 2.24) is 4.57 Å². The fourth-order valence-electron chi connectivity index (χ4n) is 2.90. The molecule has 0 radical (unpaired) electrons. The van der Waals surface area contributed by atoms with Crippen LogP contribution in [-0.4, -0.2) is 24.3 Å². The lowest BCUT2D eigenvalue weighted by atomic mass is 10.0. The minimum absolute atomic E-state index is 0.284. The van der Waals surface area contributed by atoms with Crippen LogP contribution in [0.5, 0.6) is 5.75 Å². The largest absolute Gasteiger partial charge is 0.497 e. The molecule has 0 spiro atoms. The molecular weight excluding hydrogens is 309 g/mol. The number of rotatable bonds is 4. The number of fused-ring (bicyclic) bond motifs is 1. The molecule has 1 heterocycles. The summed E-state index contributed by atoms with van der Waals surface area (Å²) in [6, 6.07) is 11.7. The Morgan fingerprint density at radius 2 is 1.88 bits per heavy atom. The Kier molecular flexibility index (Phi) is 4.25. The Morgan fingerprint density at radius 3 is 2.50 bits per heavy atom. The van der Waals surface area contributed by atoms with Crippen LogP contribution in [0, 0.1) is 5.82 Å². The van der Waals surface area contributed by atoms with Crippen LogP contribution in [0.3, 0.4) is 0 Å². The van der Waals surface area contributed by atoms with Crippen LogP contribution in [0.25, 0.3) is 22.0 Å². The Labute approximate surface area is 139 Å². The number of esters is 1. The molecule has 4 nitrogen and oxygen atoms in total. The molecule has 124 valence electrons. The number of aryl methyl sites for hydroxylation is 1. The minimum Gasteiger partial charge on any atom is -0.497 e. The molecule has 0 amide bonds. The van der Waals surface area contributed by atoms with Gasteiger partial charge in [-0.15, -0.1) is 0 Å². The zero-order valence-corrected chi connectivity index (χ0v) is 13.8. The fourth-order valence-corrected chi connectivity index (χ4v) is 2.90. The SMILES string of the molecule is CCOC(=O)c1c(-c2ccc(F)cc2)c2cc(OC)ccc2n1C. The molecule has 0 aliphatic heterocycles. The number of benzene rings is 2. The van der Waals surface area contributed by atoms with Gasteiger partial charge in [-0.25, -0.2) is 9.18 Å². The molecule has 0 saturated heterocycles. The predicted molar refractivity (Wildman–Crippen MR) is 90.8 cm³/mol. The lowest BCUT2D eigenvalue weighted by Crippen LogP contribution is -2.11. The van der Waals surface area contributed by atoms with Gasteiger partial charge in [0, 0.05) is 23.5 Å². The molecule has 0 aliphatic rings. The van der Waals surface area contributed by atoms with Gasteiger partial charge in [-0.05, 0) is 42.8 Å². The quantitative estimate of drug-likeness (QED) is 0.675. The highest BCUT2D eigenvalue weighted by molar-refractivity contribution is 6.09. The molecule has 3 rings (SSSR count). The van der Waals surface area contributed by atoms with E-state index in [1.807, 2.05) is 25.2 Å². The summed E-state index contributed by atoms with van der Waals surface area (Å²) < 4.78 is 25.6. The number of carbonyl (C=O) groups is 1. The molecule has 0 fully saturated rings. The second-order valence-corrected chi connectivity index (χ2v) is 5.39. The van der Waals surface area contributed by atoms with Crippen molar-refractivity contribution in [3.63, 3.8) is 0 Å². The number of aromatic nitrogens is 1. The van der Waals surface area contributed by atoms with E-state index in [0.717, 1.165) is 16.5 Å². The minimum atomic E-state index is -0.408. The van der Waals surface area contributed by atoms with Crippen LogP contribution in [0.1, 0.15) is 17.4 Å². The molecule has 0 aliphatic carbocycles. The number of hydrogen-bond acceptors (Lipinski definition) is 3. The zero-order valence-electron chi connectivity index (χ0n) is 13.8.